The lowest BCUT2D eigenvalue weighted by Crippen LogP contribution is -2.31. The number of nitrogens with one attached hydrogen (secondary N) is 1. The number of ether oxygens (including phenoxy) is 1. The summed E-state index contributed by atoms with van der Waals surface area (Å²) in [6, 6.07) is 20.2. The second-order valence-electron chi connectivity index (χ2n) is 8.65. The van der Waals surface area contributed by atoms with Crippen LogP contribution in [0, 0.1) is 0 Å². The number of Topliss-reactive ketones (excluding diaryl/α,β-unsaturated/α-hetero) is 1. The van der Waals surface area contributed by atoms with E-state index in [4.69, 9.17) is 4.74 Å². The Morgan fingerprint density at radius 2 is 1.81 bits per heavy atom. The van der Waals surface area contributed by atoms with Crippen LogP contribution in [-0.4, -0.2) is 44.9 Å². The normalized spacial score (nSPS) is 17.1. The summed E-state index contributed by atoms with van der Waals surface area (Å²) in [5.41, 5.74) is 2.95. The van der Waals surface area contributed by atoms with E-state index in [0.29, 0.717) is 29.9 Å². The zero-order valence-electron chi connectivity index (χ0n) is 19.8. The Morgan fingerprint density at radius 3 is 2.56 bits per heavy atom. The highest BCUT2D eigenvalue weighted by Crippen LogP contribution is 2.40. The first-order valence-electron chi connectivity index (χ1n) is 11.8. The summed E-state index contributed by atoms with van der Waals surface area (Å²) in [4.78, 5) is 31.2. The Bertz CT molecular complexity index is 1470. The van der Waals surface area contributed by atoms with Crippen molar-refractivity contribution in [1.29, 1.82) is 0 Å². The number of fused-ring (bicyclic) bond motifs is 1. The molecular weight excluding hydrogens is 456 g/mol. The van der Waals surface area contributed by atoms with Crippen molar-refractivity contribution in [2.24, 2.45) is 0 Å². The van der Waals surface area contributed by atoms with E-state index in [0.717, 1.165) is 16.5 Å². The van der Waals surface area contributed by atoms with Gasteiger partial charge >= 0.3 is 0 Å². The van der Waals surface area contributed by atoms with Gasteiger partial charge in [-0.25, -0.2) is 0 Å². The van der Waals surface area contributed by atoms with Gasteiger partial charge in [-0.15, -0.1) is 0 Å². The number of hydrogen-bond acceptors (Lipinski definition) is 5. The number of carbonyl (C=O) groups excluding carboxylic acids is 2. The van der Waals surface area contributed by atoms with Gasteiger partial charge in [-0.2, -0.15) is 0 Å². The largest absolute Gasteiger partial charge is 0.508 e. The predicted octanol–water partition coefficient (Wildman–Crippen LogP) is 4.94. The summed E-state index contributed by atoms with van der Waals surface area (Å²) < 4.78 is 5.47. The highest BCUT2D eigenvalue weighted by atomic mass is 16.5. The second-order valence-corrected chi connectivity index (χ2v) is 8.65. The minimum Gasteiger partial charge on any atom is -0.508 e. The van der Waals surface area contributed by atoms with E-state index in [1.54, 1.807) is 36.4 Å². The van der Waals surface area contributed by atoms with Crippen LogP contribution in [0.3, 0.4) is 0 Å². The summed E-state index contributed by atoms with van der Waals surface area (Å²) in [7, 11) is 0. The van der Waals surface area contributed by atoms with E-state index in [9.17, 15) is 19.8 Å². The van der Waals surface area contributed by atoms with E-state index in [1.165, 1.54) is 17.0 Å². The summed E-state index contributed by atoms with van der Waals surface area (Å²) in [5.74, 6) is -1.06. The standard InChI is InChI=1S/C29H26N2O5/c1-2-36-22-12-10-18(11-13-22)27(33)25-26(19-6-5-7-21(32)16-19)31(29(35)28(25)34)15-14-20-17-30-24-9-4-3-8-23(20)24/h3-13,16-17,26,30,32-33H,2,14-15H2,1H3. The van der Waals surface area contributed by atoms with Crippen LogP contribution >= 0.6 is 0 Å². The van der Waals surface area contributed by atoms with Gasteiger partial charge in [0.15, 0.2) is 0 Å². The molecule has 1 saturated heterocycles. The molecule has 1 aliphatic heterocycles. The first kappa shape index (κ1) is 23.2. The van der Waals surface area contributed by atoms with Crippen molar-refractivity contribution in [3.63, 3.8) is 0 Å². The number of carbonyl (C=O) groups is 2. The van der Waals surface area contributed by atoms with Crippen LogP contribution < -0.4 is 4.74 Å². The van der Waals surface area contributed by atoms with Gasteiger partial charge in [0.05, 0.1) is 18.2 Å². The minimum atomic E-state index is -0.839. The van der Waals surface area contributed by atoms with Crippen LogP contribution in [0.15, 0.2) is 84.6 Å². The number of nitrogens with zero attached hydrogens (tertiary/aromatic N) is 1. The van der Waals surface area contributed by atoms with Crippen LogP contribution in [0.1, 0.15) is 29.7 Å². The quantitative estimate of drug-likeness (QED) is 0.197. The summed E-state index contributed by atoms with van der Waals surface area (Å²) in [5, 5.41) is 22.4. The molecule has 1 aromatic heterocycles. The third kappa shape index (κ3) is 4.20. The molecule has 3 N–H and O–H groups in total. The number of likely N-dealkylation sites (tertiary alicyclic amines) is 1. The minimum absolute atomic E-state index is 0.00585. The number of phenols is 1. The van der Waals surface area contributed by atoms with Crippen molar-refractivity contribution in [1.82, 2.24) is 9.88 Å². The van der Waals surface area contributed by atoms with Crippen LogP contribution in [0.25, 0.3) is 16.7 Å². The summed E-state index contributed by atoms with van der Waals surface area (Å²) >= 11 is 0. The first-order valence-corrected chi connectivity index (χ1v) is 11.8. The van der Waals surface area contributed by atoms with Crippen LogP contribution in [0.2, 0.25) is 0 Å². The molecule has 3 aromatic carbocycles. The van der Waals surface area contributed by atoms with Crippen molar-refractivity contribution in [3.8, 4) is 11.5 Å². The number of rotatable bonds is 7. The molecule has 7 heteroatoms. The number of para-hydroxylation sites is 1. The molecule has 5 rings (SSSR count). The molecule has 0 radical (unpaired) electrons. The fraction of sp³-hybridized carbons (Fsp3) is 0.172. The molecule has 1 fully saturated rings. The molecular formula is C29H26N2O5. The molecule has 7 nitrogen and oxygen atoms in total. The number of aromatic nitrogens is 1. The zero-order valence-corrected chi connectivity index (χ0v) is 19.8. The molecule has 36 heavy (non-hydrogen) atoms. The van der Waals surface area contributed by atoms with Crippen LogP contribution in [0.5, 0.6) is 11.5 Å². The third-order valence-electron chi connectivity index (χ3n) is 6.46. The average molecular weight is 483 g/mol. The number of ketones is 1. The smallest absolute Gasteiger partial charge is 0.295 e. The highest BCUT2D eigenvalue weighted by molar-refractivity contribution is 6.46. The van der Waals surface area contributed by atoms with Gasteiger partial charge in [0.1, 0.15) is 17.3 Å². The number of aliphatic hydroxyl groups excluding tert-OH is 1. The van der Waals surface area contributed by atoms with Crippen molar-refractivity contribution in [2.45, 2.75) is 19.4 Å². The van der Waals surface area contributed by atoms with E-state index in [-0.39, 0.29) is 23.6 Å². The topological polar surface area (TPSA) is 103 Å². The van der Waals surface area contributed by atoms with E-state index >= 15 is 0 Å². The molecule has 182 valence electrons. The Labute approximate surface area is 208 Å². The maximum Gasteiger partial charge on any atom is 0.295 e. The highest BCUT2D eigenvalue weighted by Gasteiger charge is 2.46. The monoisotopic (exact) mass is 482 g/mol. The van der Waals surface area contributed by atoms with Crippen molar-refractivity contribution < 1.29 is 24.5 Å². The lowest BCUT2D eigenvalue weighted by molar-refractivity contribution is -0.139. The maximum atomic E-state index is 13.2. The number of aromatic hydroxyl groups is 1. The lowest BCUT2D eigenvalue weighted by Gasteiger charge is -2.25. The van der Waals surface area contributed by atoms with E-state index in [1.807, 2.05) is 37.4 Å². The number of hydrogen-bond donors (Lipinski definition) is 3. The van der Waals surface area contributed by atoms with E-state index < -0.39 is 17.7 Å². The second kappa shape index (κ2) is 9.62. The average Bonchev–Trinajstić information content (AvgIpc) is 3.41. The molecule has 2 heterocycles. The molecule has 1 aliphatic rings. The Hall–Kier alpha value is -4.52. The fourth-order valence-corrected chi connectivity index (χ4v) is 4.76. The van der Waals surface area contributed by atoms with Crippen LogP contribution in [0.4, 0.5) is 0 Å². The lowest BCUT2D eigenvalue weighted by atomic mass is 9.95. The molecule has 1 atom stereocenters. The fourth-order valence-electron chi connectivity index (χ4n) is 4.76. The first-order chi connectivity index (χ1) is 17.5. The van der Waals surface area contributed by atoms with Crippen LogP contribution in [-0.2, 0) is 16.0 Å². The number of aromatic amines is 1. The Balaban J connectivity index is 1.54. The summed E-state index contributed by atoms with van der Waals surface area (Å²) in [6.07, 6.45) is 2.42. The summed E-state index contributed by atoms with van der Waals surface area (Å²) in [6.45, 7) is 2.64. The van der Waals surface area contributed by atoms with Gasteiger partial charge in [-0.3, -0.25) is 9.59 Å². The maximum absolute atomic E-state index is 13.2. The Morgan fingerprint density at radius 1 is 1.03 bits per heavy atom. The van der Waals surface area contributed by atoms with Gasteiger partial charge in [0, 0.05) is 29.2 Å². The number of H-pyrrole nitrogens is 1. The molecule has 4 aromatic rings. The van der Waals surface area contributed by atoms with Gasteiger partial charge < -0.3 is 24.8 Å². The number of aliphatic hydroxyl groups is 1. The zero-order chi connectivity index (χ0) is 25.2. The van der Waals surface area contributed by atoms with Crippen molar-refractivity contribution >= 4 is 28.4 Å². The number of amides is 1. The SMILES string of the molecule is CCOc1ccc(C(O)=C2C(=O)C(=O)N(CCc3c[nH]c4ccccc34)C2c2cccc(O)c2)cc1. The van der Waals surface area contributed by atoms with Crippen molar-refractivity contribution in [2.75, 3.05) is 13.2 Å². The molecule has 0 spiro atoms. The number of benzene rings is 3. The molecule has 0 saturated carbocycles. The van der Waals surface area contributed by atoms with Gasteiger partial charge in [-0.1, -0.05) is 30.3 Å². The third-order valence-corrected chi connectivity index (χ3v) is 6.46. The molecule has 1 unspecified atom stereocenters. The Kier molecular flexibility index (Phi) is 6.21. The van der Waals surface area contributed by atoms with Crippen molar-refractivity contribution in [3.05, 3.63) is 101 Å². The molecule has 1 amide bonds. The molecule has 0 bridgehead atoms. The van der Waals surface area contributed by atoms with Gasteiger partial charge in [0.2, 0.25) is 0 Å². The van der Waals surface area contributed by atoms with Gasteiger partial charge in [-0.05, 0) is 66.9 Å². The predicted molar refractivity (Wildman–Crippen MR) is 137 cm³/mol. The van der Waals surface area contributed by atoms with E-state index in [2.05, 4.69) is 4.98 Å². The number of phenolic OH excluding ortho intramolecular Hbond substituents is 1. The molecule has 0 aliphatic carbocycles. The van der Waals surface area contributed by atoms with Gasteiger partial charge in [0.25, 0.3) is 11.7 Å².